The smallest absolute Gasteiger partial charge is 0.136 e. The van der Waals surface area contributed by atoms with E-state index >= 15 is 0 Å². The summed E-state index contributed by atoms with van der Waals surface area (Å²) in [6.45, 7) is 0. The lowest BCUT2D eigenvalue weighted by Crippen LogP contribution is -2.09. The Bertz CT molecular complexity index is 3170. The van der Waals surface area contributed by atoms with Crippen molar-refractivity contribution < 1.29 is 20.9 Å². The molecule has 8 aromatic carbocycles. The van der Waals surface area contributed by atoms with Gasteiger partial charge in [0.2, 0.25) is 0 Å². The quantitative estimate of drug-likeness (QED) is 0.170. The van der Waals surface area contributed by atoms with Gasteiger partial charge >= 0.3 is 0 Å². The van der Waals surface area contributed by atoms with Gasteiger partial charge in [0, 0.05) is 27.8 Å². The van der Waals surface area contributed by atoms with E-state index in [1.807, 2.05) is 54.6 Å². The largest absolute Gasteiger partial charge is 0.456 e. The molecule has 0 saturated carbocycles. The molecule has 9 aromatic rings. The highest BCUT2D eigenvalue weighted by Gasteiger charge is 2.15. The van der Waals surface area contributed by atoms with Gasteiger partial charge < -0.3 is 9.32 Å². The lowest BCUT2D eigenvalue weighted by atomic mass is 10.00. The zero-order valence-electron chi connectivity index (χ0n) is 38.5. The van der Waals surface area contributed by atoms with E-state index in [1.165, 1.54) is 0 Å². The summed E-state index contributed by atoms with van der Waals surface area (Å²) >= 11 is 0. The standard InChI is InChI=1S/C48H33NO/c1-3-9-34(10-4-1)36-15-17-37(18-16-36)39-21-28-43(29-22-39)49(42-26-19-38(20-27-42)35-11-5-2-6-12-35)44-30-23-40(24-31-44)41-25-32-46-45-13-7-8-14-47(45)50-48(46)33-41/h1-33H/i19D,20D,21D,22D,23D,24D,26D,27D,28D,29D,30D,31D. The fraction of sp³-hybridized carbons (Fsp3) is 0. The Balaban J connectivity index is 1.30. The Hall–Kier alpha value is -6.64. The van der Waals surface area contributed by atoms with Crippen molar-refractivity contribution in [1.29, 1.82) is 0 Å². The highest BCUT2D eigenvalue weighted by atomic mass is 16.3. The first-order valence-corrected chi connectivity index (χ1v) is 16.0. The predicted octanol–water partition coefficient (Wildman–Crippen LogP) is 13.7. The van der Waals surface area contributed by atoms with Crippen molar-refractivity contribution in [3.05, 3.63) is 200 Å². The Morgan fingerprint density at radius 1 is 0.320 bits per heavy atom. The van der Waals surface area contributed by atoms with Gasteiger partial charge in [0.05, 0.1) is 16.4 Å². The normalized spacial score (nSPS) is 14.6. The molecule has 0 N–H and O–H groups in total. The Kier molecular flexibility index (Phi) is 4.95. The molecule has 9 rings (SSSR count). The van der Waals surface area contributed by atoms with Gasteiger partial charge in [0.25, 0.3) is 0 Å². The molecule has 0 aliphatic carbocycles. The third-order valence-electron chi connectivity index (χ3n) is 8.52. The number of benzene rings is 8. The van der Waals surface area contributed by atoms with Crippen LogP contribution in [0.4, 0.5) is 17.1 Å². The van der Waals surface area contributed by atoms with Gasteiger partial charge in [0.1, 0.15) is 11.2 Å². The summed E-state index contributed by atoms with van der Waals surface area (Å²) in [6, 6.07) is 30.2. The Morgan fingerprint density at radius 3 is 1.24 bits per heavy atom. The Labute approximate surface area is 309 Å². The number of anilines is 3. The van der Waals surface area contributed by atoms with Crippen molar-refractivity contribution in [2.45, 2.75) is 0 Å². The maximum Gasteiger partial charge on any atom is 0.136 e. The second kappa shape index (κ2) is 12.8. The van der Waals surface area contributed by atoms with Crippen molar-refractivity contribution in [3.63, 3.8) is 0 Å². The molecule has 236 valence electrons. The lowest BCUT2D eigenvalue weighted by molar-refractivity contribution is 0.669. The molecule has 1 heterocycles. The molecule has 2 heteroatoms. The maximum absolute atomic E-state index is 9.46. The van der Waals surface area contributed by atoms with E-state index in [4.69, 9.17) is 7.16 Å². The zero-order chi connectivity index (χ0) is 43.7. The minimum absolute atomic E-state index is 0.0472. The molecule has 1 aromatic heterocycles. The summed E-state index contributed by atoms with van der Waals surface area (Å²) in [6.07, 6.45) is 0. The van der Waals surface area contributed by atoms with Crippen molar-refractivity contribution in [1.82, 2.24) is 0 Å². The highest BCUT2D eigenvalue weighted by molar-refractivity contribution is 6.05. The van der Waals surface area contributed by atoms with E-state index in [9.17, 15) is 13.7 Å². The topological polar surface area (TPSA) is 16.4 Å². The van der Waals surface area contributed by atoms with Crippen LogP contribution in [0.2, 0.25) is 0 Å². The summed E-state index contributed by atoms with van der Waals surface area (Å²) in [5.41, 5.74) is 1.94. The van der Waals surface area contributed by atoms with Crippen LogP contribution in [0.5, 0.6) is 0 Å². The van der Waals surface area contributed by atoms with Gasteiger partial charge in [0.15, 0.2) is 0 Å². The number of hydrogen-bond acceptors (Lipinski definition) is 2. The fourth-order valence-electron chi connectivity index (χ4n) is 5.97. The third-order valence-corrected chi connectivity index (χ3v) is 8.52. The summed E-state index contributed by atoms with van der Waals surface area (Å²) in [4.78, 5) is 0.825. The molecule has 0 unspecified atom stereocenters. The zero-order valence-corrected chi connectivity index (χ0v) is 26.5. The summed E-state index contributed by atoms with van der Waals surface area (Å²) in [5.74, 6) is 0. The summed E-state index contributed by atoms with van der Waals surface area (Å²) in [5, 5.41) is 1.64. The number of nitrogens with zero attached hydrogens (tertiary/aromatic N) is 1. The van der Waals surface area contributed by atoms with Gasteiger partial charge in [-0.1, -0.05) is 145 Å². The molecule has 0 bridgehead atoms. The first kappa shape index (κ1) is 19.4. The SMILES string of the molecule is [2H]c1c([2H])c(N(c2c([2H])c([2H])c(-c3ccc(-c4ccccc4)cc3)c([2H])c2[2H])c2c([2H])c([2H])c(-c3ccc4c(c3)oc3ccccc34)c([2H])c2[2H])c([2H])c([2H])c1-c1ccccc1. The summed E-state index contributed by atoms with van der Waals surface area (Å²) in [7, 11) is 0. The van der Waals surface area contributed by atoms with Gasteiger partial charge in [-0.05, 0) is 99.0 Å². The molecule has 0 atom stereocenters. The average Bonchev–Trinajstić information content (AvgIpc) is 3.66. The van der Waals surface area contributed by atoms with E-state index in [-0.39, 0.29) is 16.7 Å². The van der Waals surface area contributed by atoms with Crippen LogP contribution in [0, 0.1) is 0 Å². The average molecular weight is 652 g/mol. The fourth-order valence-corrected chi connectivity index (χ4v) is 5.97. The molecule has 0 aliphatic heterocycles. The predicted molar refractivity (Wildman–Crippen MR) is 210 cm³/mol. The third kappa shape index (κ3) is 5.63. The second-order valence-electron chi connectivity index (χ2n) is 11.6. The molecule has 50 heavy (non-hydrogen) atoms. The Morgan fingerprint density at radius 2 is 0.700 bits per heavy atom. The van der Waals surface area contributed by atoms with Crippen molar-refractivity contribution in [3.8, 4) is 44.5 Å². The second-order valence-corrected chi connectivity index (χ2v) is 11.6. The van der Waals surface area contributed by atoms with Crippen molar-refractivity contribution in [2.24, 2.45) is 0 Å². The number of furan rings is 1. The monoisotopic (exact) mass is 651 g/mol. The van der Waals surface area contributed by atoms with E-state index < -0.39 is 89.6 Å². The van der Waals surface area contributed by atoms with Crippen LogP contribution < -0.4 is 4.90 Å². The van der Waals surface area contributed by atoms with Crippen LogP contribution >= 0.6 is 0 Å². The molecule has 0 spiro atoms. The molecule has 0 aliphatic rings. The number of fused-ring (bicyclic) bond motifs is 3. The van der Waals surface area contributed by atoms with Crippen LogP contribution in [0.25, 0.3) is 66.4 Å². The van der Waals surface area contributed by atoms with Crippen LogP contribution in [0.3, 0.4) is 0 Å². The lowest BCUT2D eigenvalue weighted by Gasteiger charge is -2.26. The molecule has 0 fully saturated rings. The highest BCUT2D eigenvalue weighted by Crippen LogP contribution is 2.39. The molecule has 2 nitrogen and oxygen atoms in total. The summed E-state index contributed by atoms with van der Waals surface area (Å²) < 4.78 is 118. The first-order valence-electron chi connectivity index (χ1n) is 22.0. The minimum Gasteiger partial charge on any atom is -0.456 e. The van der Waals surface area contributed by atoms with Gasteiger partial charge in [-0.2, -0.15) is 0 Å². The van der Waals surface area contributed by atoms with Crippen molar-refractivity contribution in [2.75, 3.05) is 4.90 Å². The van der Waals surface area contributed by atoms with E-state index in [2.05, 4.69) is 0 Å². The van der Waals surface area contributed by atoms with E-state index in [0.29, 0.717) is 27.9 Å². The first-order chi connectivity index (χ1) is 29.8. The molecule has 0 radical (unpaired) electrons. The van der Waals surface area contributed by atoms with Crippen LogP contribution in [0.15, 0.2) is 204 Å². The molecular weight excluding hydrogens is 607 g/mol. The van der Waals surface area contributed by atoms with Gasteiger partial charge in [-0.3, -0.25) is 0 Å². The van der Waals surface area contributed by atoms with Gasteiger partial charge in [-0.15, -0.1) is 0 Å². The van der Waals surface area contributed by atoms with Gasteiger partial charge in [-0.25, -0.2) is 0 Å². The molecular formula is C48H33NO. The molecule has 0 saturated heterocycles. The van der Waals surface area contributed by atoms with E-state index in [1.54, 1.807) is 72.8 Å². The number of rotatable bonds is 7. The van der Waals surface area contributed by atoms with Crippen LogP contribution in [-0.4, -0.2) is 0 Å². The van der Waals surface area contributed by atoms with Crippen LogP contribution in [0.1, 0.15) is 16.4 Å². The van der Waals surface area contributed by atoms with Crippen molar-refractivity contribution >= 4 is 39.0 Å². The molecule has 0 amide bonds. The number of para-hydroxylation sites is 1. The number of hydrogen-bond donors (Lipinski definition) is 0. The maximum atomic E-state index is 9.46. The van der Waals surface area contributed by atoms with Crippen LogP contribution in [-0.2, 0) is 0 Å². The minimum atomic E-state index is -0.688. The van der Waals surface area contributed by atoms with E-state index in [0.717, 1.165) is 26.8 Å².